The first kappa shape index (κ1) is 20.9. The van der Waals surface area contributed by atoms with Gasteiger partial charge in [0.15, 0.2) is 0 Å². The van der Waals surface area contributed by atoms with Gasteiger partial charge in [-0.3, -0.25) is 4.79 Å². The van der Waals surface area contributed by atoms with Gasteiger partial charge in [0.1, 0.15) is 0 Å². The second-order valence-electron chi connectivity index (χ2n) is 6.94. The van der Waals surface area contributed by atoms with Crippen LogP contribution in [0.4, 0.5) is 0 Å². The summed E-state index contributed by atoms with van der Waals surface area (Å²) in [7, 11) is 0. The summed E-state index contributed by atoms with van der Waals surface area (Å²) in [6.07, 6.45) is 23.9. The third-order valence-corrected chi connectivity index (χ3v) is 4.67. The highest BCUT2D eigenvalue weighted by Crippen LogP contribution is 2.13. The molecule has 24 heavy (non-hydrogen) atoms. The van der Waals surface area contributed by atoms with Crippen LogP contribution >= 0.6 is 0 Å². The van der Waals surface area contributed by atoms with E-state index in [-0.39, 0.29) is 5.91 Å². The van der Waals surface area contributed by atoms with Crippen LogP contribution in [0.25, 0.3) is 0 Å². The van der Waals surface area contributed by atoms with Crippen molar-refractivity contribution >= 4 is 5.91 Å². The molecule has 0 atom stereocenters. The van der Waals surface area contributed by atoms with Gasteiger partial charge < -0.3 is 0 Å². The van der Waals surface area contributed by atoms with Gasteiger partial charge in [-0.1, -0.05) is 102 Å². The summed E-state index contributed by atoms with van der Waals surface area (Å²) in [6, 6.07) is 0. The molecule has 0 N–H and O–H groups in total. The third kappa shape index (κ3) is 11.4. The molecule has 0 aliphatic rings. The summed E-state index contributed by atoms with van der Waals surface area (Å²) >= 11 is 0. The maximum Gasteiger partial charge on any atom is 0.248 e. The number of hydrogen-bond acceptors (Lipinski definition) is 3. The molecule has 0 aliphatic carbocycles. The van der Waals surface area contributed by atoms with Gasteiger partial charge in [0.05, 0.1) is 12.4 Å². The van der Waals surface area contributed by atoms with Gasteiger partial charge in [0, 0.05) is 6.42 Å². The quantitative estimate of drug-likeness (QED) is 0.339. The van der Waals surface area contributed by atoms with E-state index in [0.717, 1.165) is 12.8 Å². The summed E-state index contributed by atoms with van der Waals surface area (Å²) in [5, 5.41) is 7.38. The first-order valence-electron chi connectivity index (χ1n) is 10.2. The lowest BCUT2D eigenvalue weighted by Crippen LogP contribution is -2.10. The van der Waals surface area contributed by atoms with E-state index in [4.69, 9.17) is 0 Å². The molecule has 1 heterocycles. The molecule has 0 aliphatic heterocycles. The normalized spacial score (nSPS) is 11.0. The van der Waals surface area contributed by atoms with Gasteiger partial charge in [-0.05, 0) is 6.42 Å². The summed E-state index contributed by atoms with van der Waals surface area (Å²) in [5.74, 6) is 0.0576. The molecular weight excluding hydrogens is 298 g/mol. The molecule has 0 spiro atoms. The Hall–Kier alpha value is -1.19. The van der Waals surface area contributed by atoms with Gasteiger partial charge in [-0.15, -0.1) is 5.10 Å². The number of nitrogens with zero attached hydrogens (tertiary/aromatic N) is 3. The van der Waals surface area contributed by atoms with E-state index >= 15 is 0 Å². The molecule has 0 saturated heterocycles. The Kier molecular flexibility index (Phi) is 13.3. The van der Waals surface area contributed by atoms with Crippen molar-refractivity contribution in [3.8, 4) is 0 Å². The summed E-state index contributed by atoms with van der Waals surface area (Å²) in [4.78, 5) is 11.7. The zero-order valence-corrected chi connectivity index (χ0v) is 15.7. The average molecular weight is 336 g/mol. The van der Waals surface area contributed by atoms with Crippen LogP contribution in [0.3, 0.4) is 0 Å². The lowest BCUT2D eigenvalue weighted by molar-refractivity contribution is 0.0880. The summed E-state index contributed by atoms with van der Waals surface area (Å²) in [6.45, 7) is 2.28. The molecule has 1 rings (SSSR count). The number of unbranched alkanes of at least 4 members (excludes halogenated alkanes) is 14. The summed E-state index contributed by atoms with van der Waals surface area (Å²) in [5.41, 5.74) is 0. The van der Waals surface area contributed by atoms with E-state index in [1.807, 2.05) is 0 Å². The van der Waals surface area contributed by atoms with E-state index in [2.05, 4.69) is 17.2 Å². The standard InChI is InChI=1S/C20H37N3O/c1-2-3-4-5-6-7-8-9-10-11-12-13-14-15-16-17-20(24)23-19-18-21-22-23/h18-19H,2-17H2,1H3. The zero-order valence-electron chi connectivity index (χ0n) is 15.7. The van der Waals surface area contributed by atoms with Crippen molar-refractivity contribution in [1.29, 1.82) is 0 Å². The molecule has 0 unspecified atom stereocenters. The van der Waals surface area contributed by atoms with Crippen LogP contribution < -0.4 is 0 Å². The Morgan fingerprint density at radius 3 is 1.62 bits per heavy atom. The van der Waals surface area contributed by atoms with E-state index < -0.39 is 0 Å². The van der Waals surface area contributed by atoms with Crippen molar-refractivity contribution in [3.63, 3.8) is 0 Å². The maximum absolute atomic E-state index is 11.7. The van der Waals surface area contributed by atoms with Gasteiger partial charge >= 0.3 is 0 Å². The van der Waals surface area contributed by atoms with Crippen molar-refractivity contribution in [2.75, 3.05) is 0 Å². The number of rotatable bonds is 16. The number of hydrogen-bond donors (Lipinski definition) is 0. The molecule has 0 aromatic carbocycles. The number of carbonyl (C=O) groups excluding carboxylic acids is 1. The van der Waals surface area contributed by atoms with E-state index in [0.29, 0.717) is 6.42 Å². The molecule has 1 aromatic rings. The predicted molar refractivity (Wildman–Crippen MR) is 100 cm³/mol. The van der Waals surface area contributed by atoms with Crippen LogP contribution in [0.2, 0.25) is 0 Å². The number of aromatic nitrogens is 3. The van der Waals surface area contributed by atoms with Gasteiger partial charge in [0.25, 0.3) is 0 Å². The van der Waals surface area contributed by atoms with Gasteiger partial charge in [-0.2, -0.15) is 4.68 Å². The Morgan fingerprint density at radius 2 is 1.21 bits per heavy atom. The Labute approximate surface area is 148 Å². The van der Waals surface area contributed by atoms with Crippen LogP contribution in [0.15, 0.2) is 12.4 Å². The highest BCUT2D eigenvalue weighted by molar-refractivity contribution is 5.77. The Bertz CT molecular complexity index is 390. The van der Waals surface area contributed by atoms with Crippen LogP contribution in [0, 0.1) is 0 Å². The first-order valence-corrected chi connectivity index (χ1v) is 10.2. The highest BCUT2D eigenvalue weighted by Gasteiger charge is 2.04. The van der Waals surface area contributed by atoms with Crippen molar-refractivity contribution in [2.24, 2.45) is 0 Å². The third-order valence-electron chi connectivity index (χ3n) is 4.67. The molecule has 4 nitrogen and oxygen atoms in total. The molecule has 1 aromatic heterocycles. The SMILES string of the molecule is CCCCCCCCCCCCCCCCCC(=O)n1ccnn1. The largest absolute Gasteiger partial charge is 0.273 e. The number of carbonyl (C=O) groups is 1. The monoisotopic (exact) mass is 335 g/mol. The van der Waals surface area contributed by atoms with Crippen LogP contribution in [-0.2, 0) is 0 Å². The van der Waals surface area contributed by atoms with Gasteiger partial charge in [-0.25, -0.2) is 0 Å². The van der Waals surface area contributed by atoms with Crippen molar-refractivity contribution in [3.05, 3.63) is 12.4 Å². The lowest BCUT2D eigenvalue weighted by atomic mass is 10.0. The van der Waals surface area contributed by atoms with Crippen LogP contribution in [-0.4, -0.2) is 20.9 Å². The second kappa shape index (κ2) is 15.3. The van der Waals surface area contributed by atoms with E-state index in [1.54, 1.807) is 12.4 Å². The molecule has 138 valence electrons. The fourth-order valence-corrected chi connectivity index (χ4v) is 3.10. The van der Waals surface area contributed by atoms with Crippen molar-refractivity contribution in [2.45, 2.75) is 110 Å². The Balaban J connectivity index is 1.74. The second-order valence-corrected chi connectivity index (χ2v) is 6.94. The molecule has 0 radical (unpaired) electrons. The minimum absolute atomic E-state index is 0.0576. The zero-order chi connectivity index (χ0) is 17.3. The maximum atomic E-state index is 11.7. The molecular formula is C20H37N3O. The fraction of sp³-hybridized carbons (Fsp3) is 0.850. The van der Waals surface area contributed by atoms with Crippen LogP contribution in [0.5, 0.6) is 0 Å². The Morgan fingerprint density at radius 1 is 0.750 bits per heavy atom. The average Bonchev–Trinajstić information content (AvgIpc) is 3.13. The van der Waals surface area contributed by atoms with E-state index in [1.165, 1.54) is 88.2 Å². The van der Waals surface area contributed by atoms with Crippen molar-refractivity contribution < 1.29 is 4.79 Å². The first-order chi connectivity index (χ1) is 11.8. The van der Waals surface area contributed by atoms with Crippen LogP contribution in [0.1, 0.15) is 114 Å². The fourth-order valence-electron chi connectivity index (χ4n) is 3.10. The van der Waals surface area contributed by atoms with Gasteiger partial charge in [0.2, 0.25) is 5.91 Å². The molecule has 0 amide bonds. The molecule has 0 saturated carbocycles. The summed E-state index contributed by atoms with van der Waals surface area (Å²) < 4.78 is 1.34. The highest BCUT2D eigenvalue weighted by atomic mass is 16.2. The smallest absolute Gasteiger partial charge is 0.248 e. The molecule has 4 heteroatoms. The van der Waals surface area contributed by atoms with E-state index in [9.17, 15) is 4.79 Å². The minimum Gasteiger partial charge on any atom is -0.273 e. The van der Waals surface area contributed by atoms with Crippen molar-refractivity contribution in [1.82, 2.24) is 15.0 Å². The predicted octanol–water partition coefficient (Wildman–Crippen LogP) is 6.18. The molecule has 0 bridgehead atoms. The topological polar surface area (TPSA) is 47.8 Å². The molecule has 0 fully saturated rings. The lowest BCUT2D eigenvalue weighted by Gasteiger charge is -2.03. The minimum atomic E-state index is 0.0576.